The molecule has 7 nitrogen and oxygen atoms in total. The van der Waals surface area contributed by atoms with Crippen LogP contribution in [-0.4, -0.2) is 48.8 Å². The summed E-state index contributed by atoms with van der Waals surface area (Å²) < 4.78 is 5.00. The first-order valence-electron chi connectivity index (χ1n) is 7.06. The van der Waals surface area contributed by atoms with Crippen molar-refractivity contribution >= 4 is 12.6 Å². The molecule has 0 atom stereocenters. The normalized spacial score (nSPS) is 9.29. The molecule has 2 rings (SSSR count). The van der Waals surface area contributed by atoms with Gasteiger partial charge in [-0.15, -0.1) is 5.16 Å². The molecular weight excluding hydrogens is 310 g/mol. The maximum atomic E-state index is 11.3. The molecule has 0 radical (unpaired) electrons. The topological polar surface area (TPSA) is 84.3 Å². The van der Waals surface area contributed by atoms with E-state index < -0.39 is 0 Å². The third-order valence-electron chi connectivity index (χ3n) is 2.90. The van der Waals surface area contributed by atoms with Crippen molar-refractivity contribution in [2.75, 3.05) is 21.2 Å². The SMILES string of the molecule is C=NOCc1ccc(OC)cc1.CN(C)C(=O)c1cccnc1O. The van der Waals surface area contributed by atoms with Crippen LogP contribution in [0.15, 0.2) is 47.8 Å². The van der Waals surface area contributed by atoms with Crippen LogP contribution >= 0.6 is 0 Å². The highest BCUT2D eigenvalue weighted by Gasteiger charge is 2.12. The molecule has 7 heteroatoms. The number of nitrogens with zero attached hydrogens (tertiary/aromatic N) is 3. The van der Waals surface area contributed by atoms with Gasteiger partial charge in [0.25, 0.3) is 5.91 Å². The summed E-state index contributed by atoms with van der Waals surface area (Å²) >= 11 is 0. The molecule has 1 aromatic carbocycles. The zero-order chi connectivity index (χ0) is 17.9. The van der Waals surface area contributed by atoms with Crippen molar-refractivity contribution in [1.29, 1.82) is 0 Å². The lowest BCUT2D eigenvalue weighted by atomic mass is 10.2. The van der Waals surface area contributed by atoms with E-state index in [2.05, 4.69) is 16.9 Å². The smallest absolute Gasteiger partial charge is 0.258 e. The summed E-state index contributed by atoms with van der Waals surface area (Å²) in [5.41, 5.74) is 1.27. The average Bonchev–Trinajstić information content (AvgIpc) is 2.60. The second kappa shape index (κ2) is 9.83. The number of aromatic nitrogens is 1. The molecule has 0 aliphatic heterocycles. The summed E-state index contributed by atoms with van der Waals surface area (Å²) in [7, 11) is 4.88. The van der Waals surface area contributed by atoms with Gasteiger partial charge in [-0.2, -0.15) is 0 Å². The Labute approximate surface area is 141 Å². The number of carbonyl (C=O) groups is 1. The number of hydrogen-bond donors (Lipinski definition) is 1. The highest BCUT2D eigenvalue weighted by molar-refractivity contribution is 5.95. The fraction of sp³-hybridized carbons (Fsp3) is 0.235. The van der Waals surface area contributed by atoms with Crippen molar-refractivity contribution in [3.8, 4) is 11.6 Å². The third-order valence-corrected chi connectivity index (χ3v) is 2.90. The lowest BCUT2D eigenvalue weighted by Gasteiger charge is -2.09. The van der Waals surface area contributed by atoms with Gasteiger partial charge in [0, 0.05) is 27.0 Å². The van der Waals surface area contributed by atoms with Crippen LogP contribution in [0.3, 0.4) is 0 Å². The van der Waals surface area contributed by atoms with Crippen molar-refractivity contribution in [3.63, 3.8) is 0 Å². The molecule has 128 valence electrons. The number of amides is 1. The van der Waals surface area contributed by atoms with Crippen LogP contribution in [0.1, 0.15) is 15.9 Å². The Hall–Kier alpha value is -3.09. The van der Waals surface area contributed by atoms with Crippen LogP contribution in [0, 0.1) is 0 Å². The summed E-state index contributed by atoms with van der Waals surface area (Å²) in [6, 6.07) is 10.7. The molecule has 24 heavy (non-hydrogen) atoms. The van der Waals surface area contributed by atoms with Crippen molar-refractivity contribution in [2.24, 2.45) is 5.16 Å². The number of pyridine rings is 1. The third kappa shape index (κ3) is 5.96. The van der Waals surface area contributed by atoms with E-state index >= 15 is 0 Å². The van der Waals surface area contributed by atoms with E-state index in [1.54, 1.807) is 27.3 Å². The molecule has 0 bridgehead atoms. The van der Waals surface area contributed by atoms with Gasteiger partial charge in [-0.05, 0) is 29.8 Å². The van der Waals surface area contributed by atoms with E-state index in [1.807, 2.05) is 24.3 Å². The van der Waals surface area contributed by atoms with Crippen molar-refractivity contribution < 1.29 is 19.5 Å². The first kappa shape index (κ1) is 19.0. The first-order chi connectivity index (χ1) is 11.5. The van der Waals surface area contributed by atoms with Gasteiger partial charge in [0.1, 0.15) is 17.9 Å². The summed E-state index contributed by atoms with van der Waals surface area (Å²) in [5, 5.41) is 12.5. The fourth-order valence-electron chi connectivity index (χ4n) is 1.65. The van der Waals surface area contributed by atoms with Crippen molar-refractivity contribution in [2.45, 2.75) is 6.61 Å². The Morgan fingerprint density at radius 3 is 2.46 bits per heavy atom. The van der Waals surface area contributed by atoms with Crippen molar-refractivity contribution in [1.82, 2.24) is 9.88 Å². The molecule has 2 aromatic rings. The van der Waals surface area contributed by atoms with Gasteiger partial charge in [0.15, 0.2) is 0 Å². The van der Waals surface area contributed by atoms with E-state index in [-0.39, 0.29) is 17.4 Å². The molecule has 0 spiro atoms. The Balaban J connectivity index is 0.000000240. The number of aromatic hydroxyl groups is 1. The van der Waals surface area contributed by atoms with E-state index in [0.717, 1.165) is 11.3 Å². The Morgan fingerprint density at radius 1 is 1.29 bits per heavy atom. The summed E-state index contributed by atoms with van der Waals surface area (Å²) in [5.74, 6) is 0.363. The zero-order valence-corrected chi connectivity index (χ0v) is 14.0. The van der Waals surface area contributed by atoms with Gasteiger partial charge >= 0.3 is 0 Å². The minimum Gasteiger partial charge on any atom is -0.497 e. The molecule has 1 heterocycles. The van der Waals surface area contributed by atoms with Crippen LogP contribution in [0.25, 0.3) is 0 Å². The molecule has 0 unspecified atom stereocenters. The Kier molecular flexibility index (Phi) is 7.77. The fourth-order valence-corrected chi connectivity index (χ4v) is 1.65. The number of benzene rings is 1. The quantitative estimate of drug-likeness (QED) is 0.671. The van der Waals surface area contributed by atoms with Crippen LogP contribution in [0.4, 0.5) is 0 Å². The summed E-state index contributed by atoms with van der Waals surface area (Å²) in [6.45, 7) is 3.66. The number of hydrogen-bond acceptors (Lipinski definition) is 6. The van der Waals surface area contributed by atoms with Gasteiger partial charge in [-0.3, -0.25) is 4.79 Å². The number of carbonyl (C=O) groups excluding carboxylic acids is 1. The highest BCUT2D eigenvalue weighted by Crippen LogP contribution is 2.13. The maximum absolute atomic E-state index is 11.3. The molecule has 1 N–H and O–H groups in total. The first-order valence-corrected chi connectivity index (χ1v) is 7.06. The van der Waals surface area contributed by atoms with Crippen LogP contribution < -0.4 is 4.74 Å². The van der Waals surface area contributed by atoms with Gasteiger partial charge in [0.2, 0.25) is 5.88 Å². The van der Waals surface area contributed by atoms with E-state index in [1.165, 1.54) is 17.2 Å². The summed E-state index contributed by atoms with van der Waals surface area (Å²) in [6.07, 6.45) is 1.43. The predicted octanol–water partition coefficient (Wildman–Crippen LogP) is 2.32. The molecule has 0 saturated heterocycles. The van der Waals surface area contributed by atoms with Crippen molar-refractivity contribution in [3.05, 3.63) is 53.7 Å². The predicted molar refractivity (Wildman–Crippen MR) is 91.3 cm³/mol. The number of methoxy groups -OCH3 is 1. The Bertz CT molecular complexity index is 657. The minimum absolute atomic E-state index is 0.225. The Morgan fingerprint density at radius 2 is 1.96 bits per heavy atom. The second-order valence-electron chi connectivity index (χ2n) is 4.82. The largest absolute Gasteiger partial charge is 0.497 e. The molecule has 0 aliphatic carbocycles. The van der Waals surface area contributed by atoms with Crippen LogP contribution in [0.5, 0.6) is 11.6 Å². The molecular formula is C17H21N3O4. The minimum atomic E-state index is -0.249. The van der Waals surface area contributed by atoms with Gasteiger partial charge in [0.05, 0.1) is 7.11 Å². The molecule has 0 aliphatic rings. The number of rotatable bonds is 5. The highest BCUT2D eigenvalue weighted by atomic mass is 16.6. The molecule has 1 amide bonds. The van der Waals surface area contributed by atoms with Gasteiger partial charge < -0.3 is 19.6 Å². The maximum Gasteiger partial charge on any atom is 0.258 e. The lowest BCUT2D eigenvalue weighted by Crippen LogP contribution is -2.21. The zero-order valence-electron chi connectivity index (χ0n) is 14.0. The van der Waals surface area contributed by atoms with Gasteiger partial charge in [-0.1, -0.05) is 12.1 Å². The number of oxime groups is 1. The van der Waals surface area contributed by atoms with E-state index in [9.17, 15) is 9.90 Å². The second-order valence-corrected chi connectivity index (χ2v) is 4.82. The van der Waals surface area contributed by atoms with E-state index in [0.29, 0.717) is 6.61 Å². The number of ether oxygens (including phenoxy) is 1. The molecule has 0 saturated carbocycles. The van der Waals surface area contributed by atoms with Crippen LogP contribution in [-0.2, 0) is 11.4 Å². The van der Waals surface area contributed by atoms with Gasteiger partial charge in [-0.25, -0.2) is 4.98 Å². The average molecular weight is 331 g/mol. The summed E-state index contributed by atoms with van der Waals surface area (Å²) in [4.78, 5) is 21.0. The van der Waals surface area contributed by atoms with Crippen LogP contribution in [0.2, 0.25) is 0 Å². The van der Waals surface area contributed by atoms with E-state index in [4.69, 9.17) is 9.57 Å². The molecule has 1 aromatic heterocycles. The molecule has 0 fully saturated rings. The monoisotopic (exact) mass is 331 g/mol. The lowest BCUT2D eigenvalue weighted by molar-refractivity contribution is 0.0824. The standard InChI is InChI=1S/C9H11NO2.C8H10N2O2/c1-10-12-7-8-3-5-9(11-2)6-4-8;1-10(2)8(12)6-4-3-5-9-7(6)11/h3-6H,1,7H2,2H3;3-5H,1-2H3,(H,9,11).